The summed E-state index contributed by atoms with van der Waals surface area (Å²) in [7, 11) is 0. The van der Waals surface area contributed by atoms with Crippen LogP contribution in [0.5, 0.6) is 0 Å². The summed E-state index contributed by atoms with van der Waals surface area (Å²) in [6.07, 6.45) is 8.77. The molecule has 0 aliphatic heterocycles. The van der Waals surface area contributed by atoms with Crippen LogP contribution in [0.25, 0.3) is 21.7 Å². The number of aromatic nitrogens is 1. The van der Waals surface area contributed by atoms with E-state index in [2.05, 4.69) is 48.5 Å². The minimum Gasteiger partial charge on any atom is -0.271 e. The van der Waals surface area contributed by atoms with Crippen molar-refractivity contribution in [3.05, 3.63) is 54.7 Å². The number of hydrogen-bond donors (Lipinski definition) is 0. The Kier molecular flexibility index (Phi) is 3.67. The molecule has 1 fully saturated rings. The third kappa shape index (κ3) is 2.54. The van der Waals surface area contributed by atoms with Crippen molar-refractivity contribution in [1.82, 2.24) is 0 Å². The smallest absolute Gasteiger partial charge is 0.265 e. The summed E-state index contributed by atoms with van der Waals surface area (Å²) in [6, 6.07) is 17.1. The number of rotatable bonds is 3. The topological polar surface area (TPSA) is 13.1 Å². The molecule has 1 aromatic heterocycles. The van der Waals surface area contributed by atoms with Crippen LogP contribution >= 0.6 is 0 Å². The average Bonchev–Trinajstić information content (AvgIpc) is 2.60. The molecule has 1 aliphatic carbocycles. The van der Waals surface area contributed by atoms with Crippen LogP contribution < -0.4 is 9.57 Å². The highest BCUT2D eigenvalue weighted by atomic mass is 16.7. The van der Waals surface area contributed by atoms with Crippen molar-refractivity contribution in [2.24, 2.45) is 5.92 Å². The van der Waals surface area contributed by atoms with E-state index in [1.54, 1.807) is 0 Å². The van der Waals surface area contributed by atoms with E-state index >= 15 is 0 Å². The van der Waals surface area contributed by atoms with E-state index in [0.29, 0.717) is 0 Å². The van der Waals surface area contributed by atoms with E-state index in [1.807, 2.05) is 10.9 Å². The molecule has 0 unspecified atom stereocenters. The van der Waals surface area contributed by atoms with Crippen LogP contribution in [-0.2, 0) is 0 Å². The lowest BCUT2D eigenvalue weighted by molar-refractivity contribution is -0.872. The quantitative estimate of drug-likeness (QED) is 0.518. The minimum absolute atomic E-state index is 0.719. The van der Waals surface area contributed by atoms with Gasteiger partial charge in [0.25, 0.3) is 5.52 Å². The first-order valence-corrected chi connectivity index (χ1v) is 8.37. The molecule has 0 saturated heterocycles. The van der Waals surface area contributed by atoms with Gasteiger partial charge in [-0.2, -0.15) is 0 Å². The summed E-state index contributed by atoms with van der Waals surface area (Å²) in [5, 5.41) is 3.82. The Morgan fingerprint density at radius 1 is 0.864 bits per heavy atom. The number of benzene rings is 2. The third-order valence-electron chi connectivity index (χ3n) is 4.84. The van der Waals surface area contributed by atoms with Crippen LogP contribution in [0.2, 0.25) is 0 Å². The number of nitrogens with zero attached hydrogens (tertiary/aromatic N) is 1. The molecule has 1 saturated carbocycles. The molecule has 4 rings (SSSR count). The van der Waals surface area contributed by atoms with Crippen molar-refractivity contribution in [2.75, 3.05) is 6.61 Å². The van der Waals surface area contributed by atoms with Gasteiger partial charge in [0.1, 0.15) is 0 Å². The Labute approximate surface area is 131 Å². The SMILES string of the molecule is c1ccc2c(c1)ccc1c2ccc[n+]1OCC1CCCCC1. The Hall–Kier alpha value is -2.09. The summed E-state index contributed by atoms with van der Waals surface area (Å²) in [5.74, 6) is 0.719. The number of fused-ring (bicyclic) bond motifs is 3. The second kappa shape index (κ2) is 5.96. The zero-order chi connectivity index (χ0) is 14.8. The fourth-order valence-corrected chi connectivity index (χ4v) is 3.60. The lowest BCUT2D eigenvalue weighted by atomic mass is 9.90. The van der Waals surface area contributed by atoms with Crippen LogP contribution in [0.15, 0.2) is 54.7 Å². The number of pyridine rings is 1. The maximum Gasteiger partial charge on any atom is 0.265 e. The van der Waals surface area contributed by atoms with Crippen LogP contribution in [0.3, 0.4) is 0 Å². The first-order chi connectivity index (χ1) is 10.9. The van der Waals surface area contributed by atoms with Crippen LogP contribution in [0.4, 0.5) is 0 Å². The van der Waals surface area contributed by atoms with Gasteiger partial charge in [-0.05, 0) is 41.7 Å². The highest BCUT2D eigenvalue weighted by molar-refractivity contribution is 6.04. The molecular formula is C20H22NO+. The monoisotopic (exact) mass is 292 g/mol. The van der Waals surface area contributed by atoms with Gasteiger partial charge in [0.05, 0.1) is 5.39 Å². The molecule has 1 heterocycles. The van der Waals surface area contributed by atoms with Crippen molar-refractivity contribution in [3.63, 3.8) is 0 Å². The van der Waals surface area contributed by atoms with Crippen LogP contribution in [0, 0.1) is 5.92 Å². The van der Waals surface area contributed by atoms with Gasteiger partial charge in [-0.15, -0.1) is 0 Å². The molecule has 0 radical (unpaired) electrons. The van der Waals surface area contributed by atoms with Gasteiger partial charge in [0.15, 0.2) is 6.61 Å². The van der Waals surface area contributed by atoms with E-state index in [1.165, 1.54) is 48.3 Å². The van der Waals surface area contributed by atoms with Crippen molar-refractivity contribution >= 4 is 21.7 Å². The number of hydrogen-bond acceptors (Lipinski definition) is 1. The lowest BCUT2D eigenvalue weighted by Gasteiger charge is -2.19. The largest absolute Gasteiger partial charge is 0.271 e. The molecule has 0 amide bonds. The Balaban J connectivity index is 1.67. The zero-order valence-electron chi connectivity index (χ0n) is 12.9. The van der Waals surface area contributed by atoms with Gasteiger partial charge >= 0.3 is 0 Å². The van der Waals surface area contributed by atoms with E-state index < -0.39 is 0 Å². The Morgan fingerprint density at radius 3 is 2.59 bits per heavy atom. The molecule has 0 atom stereocenters. The van der Waals surface area contributed by atoms with Crippen molar-refractivity contribution in [3.8, 4) is 0 Å². The second-order valence-corrected chi connectivity index (χ2v) is 6.35. The minimum atomic E-state index is 0.719. The fourth-order valence-electron chi connectivity index (χ4n) is 3.60. The molecule has 3 aromatic rings. The lowest BCUT2D eigenvalue weighted by Crippen LogP contribution is -2.45. The maximum atomic E-state index is 6.12. The molecule has 2 aromatic carbocycles. The maximum absolute atomic E-state index is 6.12. The molecule has 22 heavy (non-hydrogen) atoms. The van der Waals surface area contributed by atoms with Gasteiger partial charge in [-0.1, -0.05) is 43.5 Å². The zero-order valence-corrected chi connectivity index (χ0v) is 12.9. The van der Waals surface area contributed by atoms with Gasteiger partial charge in [0, 0.05) is 16.9 Å². The highest BCUT2D eigenvalue weighted by Crippen LogP contribution is 2.24. The van der Waals surface area contributed by atoms with E-state index in [0.717, 1.165) is 18.0 Å². The average molecular weight is 292 g/mol. The van der Waals surface area contributed by atoms with Crippen molar-refractivity contribution < 1.29 is 9.57 Å². The van der Waals surface area contributed by atoms with Gasteiger partial charge < -0.3 is 0 Å². The Bertz CT molecular complexity index is 790. The van der Waals surface area contributed by atoms with E-state index in [-0.39, 0.29) is 0 Å². The van der Waals surface area contributed by atoms with Crippen LogP contribution in [-0.4, -0.2) is 6.61 Å². The van der Waals surface area contributed by atoms with Gasteiger partial charge in [-0.3, -0.25) is 4.84 Å². The summed E-state index contributed by atoms with van der Waals surface area (Å²) in [5.41, 5.74) is 1.15. The summed E-state index contributed by atoms with van der Waals surface area (Å²) < 4.78 is 1.95. The molecule has 1 aliphatic rings. The molecule has 0 bridgehead atoms. The molecular weight excluding hydrogens is 270 g/mol. The molecule has 112 valence electrons. The molecule has 0 spiro atoms. The molecule has 0 N–H and O–H groups in total. The standard InChI is InChI=1S/C20H22NO/c1-2-7-16(8-3-1)15-22-21-14-6-11-19-18-10-5-4-9-17(18)12-13-20(19)21/h4-6,9-14,16H,1-3,7-8,15H2/q+1. The Morgan fingerprint density at radius 2 is 1.68 bits per heavy atom. The summed E-state index contributed by atoms with van der Waals surface area (Å²) in [4.78, 5) is 6.12. The first kappa shape index (κ1) is 13.6. The highest BCUT2D eigenvalue weighted by Gasteiger charge is 2.18. The molecule has 2 heteroatoms. The van der Waals surface area contributed by atoms with E-state index in [4.69, 9.17) is 4.84 Å². The van der Waals surface area contributed by atoms with E-state index in [9.17, 15) is 0 Å². The predicted octanol–water partition coefficient (Wildman–Crippen LogP) is 4.29. The fraction of sp³-hybridized carbons (Fsp3) is 0.350. The summed E-state index contributed by atoms with van der Waals surface area (Å²) >= 11 is 0. The third-order valence-corrected chi connectivity index (χ3v) is 4.84. The summed E-state index contributed by atoms with van der Waals surface area (Å²) in [6.45, 7) is 0.830. The predicted molar refractivity (Wildman–Crippen MR) is 89.7 cm³/mol. The second-order valence-electron chi connectivity index (χ2n) is 6.35. The first-order valence-electron chi connectivity index (χ1n) is 8.37. The normalized spacial score (nSPS) is 16.2. The van der Waals surface area contributed by atoms with Gasteiger partial charge in [-0.25, -0.2) is 0 Å². The molecule has 2 nitrogen and oxygen atoms in total. The van der Waals surface area contributed by atoms with Crippen LogP contribution in [0.1, 0.15) is 32.1 Å². The van der Waals surface area contributed by atoms with Crippen molar-refractivity contribution in [2.45, 2.75) is 32.1 Å². The van der Waals surface area contributed by atoms with Crippen molar-refractivity contribution in [1.29, 1.82) is 0 Å². The van der Waals surface area contributed by atoms with Gasteiger partial charge in [0.2, 0.25) is 6.20 Å².